The zero-order chi connectivity index (χ0) is 14.3. The molecule has 0 radical (unpaired) electrons. The number of imide groups is 1. The SMILES string of the molecule is NC(=O)c1ccc(NC2CC(=O)N(C3CC3)C2=O)cc1. The highest BCUT2D eigenvalue weighted by atomic mass is 16.2. The van der Waals surface area contributed by atoms with Gasteiger partial charge in [-0.1, -0.05) is 0 Å². The number of hydrogen-bond acceptors (Lipinski definition) is 4. The van der Waals surface area contributed by atoms with Crippen molar-refractivity contribution in [1.29, 1.82) is 0 Å². The highest BCUT2D eigenvalue weighted by Gasteiger charge is 2.46. The van der Waals surface area contributed by atoms with Crippen molar-refractivity contribution in [1.82, 2.24) is 4.90 Å². The quantitative estimate of drug-likeness (QED) is 0.781. The topological polar surface area (TPSA) is 92.5 Å². The molecule has 1 unspecified atom stereocenters. The molecule has 1 heterocycles. The molecule has 3 amide bonds. The lowest BCUT2D eigenvalue weighted by Crippen LogP contribution is -2.36. The molecule has 1 atom stereocenters. The molecule has 3 rings (SSSR count). The van der Waals surface area contributed by atoms with Crippen LogP contribution in [0.1, 0.15) is 29.6 Å². The Morgan fingerprint density at radius 2 is 1.85 bits per heavy atom. The lowest BCUT2D eigenvalue weighted by Gasteiger charge is -2.15. The van der Waals surface area contributed by atoms with Crippen LogP contribution in [0.5, 0.6) is 0 Å². The fraction of sp³-hybridized carbons (Fsp3) is 0.357. The summed E-state index contributed by atoms with van der Waals surface area (Å²) in [6.45, 7) is 0. The number of likely N-dealkylation sites (tertiary alicyclic amines) is 1. The second-order valence-electron chi connectivity index (χ2n) is 5.18. The summed E-state index contributed by atoms with van der Waals surface area (Å²) in [6.07, 6.45) is 2.02. The van der Waals surface area contributed by atoms with E-state index in [9.17, 15) is 14.4 Å². The zero-order valence-electron chi connectivity index (χ0n) is 10.8. The van der Waals surface area contributed by atoms with E-state index in [0.29, 0.717) is 11.3 Å². The van der Waals surface area contributed by atoms with Gasteiger partial charge in [0.25, 0.3) is 5.91 Å². The van der Waals surface area contributed by atoms with Gasteiger partial charge >= 0.3 is 0 Å². The molecule has 1 saturated carbocycles. The van der Waals surface area contributed by atoms with Crippen molar-refractivity contribution < 1.29 is 14.4 Å². The van der Waals surface area contributed by atoms with Crippen LogP contribution in [-0.4, -0.2) is 34.7 Å². The number of hydrogen-bond donors (Lipinski definition) is 2. The Morgan fingerprint density at radius 3 is 2.40 bits per heavy atom. The molecular formula is C14H15N3O3. The molecule has 2 fully saturated rings. The summed E-state index contributed by atoms with van der Waals surface area (Å²) in [7, 11) is 0. The van der Waals surface area contributed by atoms with Gasteiger partial charge in [0, 0.05) is 17.3 Å². The lowest BCUT2D eigenvalue weighted by atomic mass is 10.1. The van der Waals surface area contributed by atoms with E-state index in [2.05, 4.69) is 5.32 Å². The summed E-state index contributed by atoms with van der Waals surface area (Å²) in [5.41, 5.74) is 6.26. The summed E-state index contributed by atoms with van der Waals surface area (Å²) in [5.74, 6) is -0.760. The number of primary amides is 1. The van der Waals surface area contributed by atoms with Crippen molar-refractivity contribution in [2.75, 3.05) is 5.32 Å². The Hall–Kier alpha value is -2.37. The fourth-order valence-electron chi connectivity index (χ4n) is 2.41. The van der Waals surface area contributed by atoms with Gasteiger partial charge in [-0.2, -0.15) is 0 Å². The highest BCUT2D eigenvalue weighted by molar-refractivity contribution is 6.07. The van der Waals surface area contributed by atoms with Gasteiger partial charge in [0.15, 0.2) is 0 Å². The van der Waals surface area contributed by atoms with Crippen LogP contribution in [0, 0.1) is 0 Å². The van der Waals surface area contributed by atoms with Crippen molar-refractivity contribution >= 4 is 23.4 Å². The van der Waals surface area contributed by atoms with Crippen LogP contribution in [0.3, 0.4) is 0 Å². The van der Waals surface area contributed by atoms with E-state index in [1.54, 1.807) is 24.3 Å². The van der Waals surface area contributed by atoms with Gasteiger partial charge in [-0.3, -0.25) is 19.3 Å². The van der Waals surface area contributed by atoms with E-state index < -0.39 is 11.9 Å². The van der Waals surface area contributed by atoms with Crippen LogP contribution in [-0.2, 0) is 9.59 Å². The predicted octanol–water partition coefficient (Wildman–Crippen LogP) is 0.487. The molecule has 3 N–H and O–H groups in total. The maximum atomic E-state index is 12.1. The Kier molecular flexibility index (Phi) is 2.93. The largest absolute Gasteiger partial charge is 0.373 e. The number of carbonyl (C=O) groups excluding carboxylic acids is 3. The number of nitrogens with zero attached hydrogens (tertiary/aromatic N) is 1. The van der Waals surface area contributed by atoms with Crippen LogP contribution in [0.2, 0.25) is 0 Å². The smallest absolute Gasteiger partial charge is 0.252 e. The number of nitrogens with one attached hydrogen (secondary N) is 1. The first-order valence-corrected chi connectivity index (χ1v) is 6.58. The number of anilines is 1. The predicted molar refractivity (Wildman–Crippen MR) is 71.9 cm³/mol. The molecule has 6 nitrogen and oxygen atoms in total. The maximum absolute atomic E-state index is 12.1. The molecule has 1 aliphatic carbocycles. The summed E-state index contributed by atoms with van der Waals surface area (Å²) in [6, 6.07) is 6.13. The highest BCUT2D eigenvalue weighted by Crippen LogP contribution is 2.32. The second kappa shape index (κ2) is 4.63. The van der Waals surface area contributed by atoms with E-state index in [1.165, 1.54) is 4.90 Å². The van der Waals surface area contributed by atoms with Crippen LogP contribution in [0.4, 0.5) is 5.69 Å². The third-order valence-electron chi connectivity index (χ3n) is 3.61. The van der Waals surface area contributed by atoms with Gasteiger partial charge in [0.2, 0.25) is 11.8 Å². The normalized spacial score (nSPS) is 22.2. The van der Waals surface area contributed by atoms with E-state index >= 15 is 0 Å². The van der Waals surface area contributed by atoms with Crippen molar-refractivity contribution in [3.63, 3.8) is 0 Å². The summed E-state index contributed by atoms with van der Waals surface area (Å²) < 4.78 is 0. The minimum absolute atomic E-state index is 0.108. The van der Waals surface area contributed by atoms with Crippen LogP contribution in [0.15, 0.2) is 24.3 Å². The first kappa shape index (κ1) is 12.7. The molecule has 1 aromatic rings. The van der Waals surface area contributed by atoms with Crippen LogP contribution < -0.4 is 11.1 Å². The molecule has 2 aliphatic rings. The molecule has 20 heavy (non-hydrogen) atoms. The van der Waals surface area contributed by atoms with Gasteiger partial charge in [-0.05, 0) is 37.1 Å². The average Bonchev–Trinajstić information content (AvgIpc) is 3.19. The summed E-state index contributed by atoms with van der Waals surface area (Å²) in [4.78, 5) is 36.3. The number of nitrogens with two attached hydrogens (primary N) is 1. The molecule has 0 spiro atoms. The molecule has 1 saturated heterocycles. The Bertz CT molecular complexity index is 578. The standard InChI is InChI=1S/C14H15N3O3/c15-13(19)8-1-3-9(4-2-8)16-11-7-12(18)17(14(11)20)10-5-6-10/h1-4,10-11,16H,5-7H2,(H2,15,19). The lowest BCUT2D eigenvalue weighted by molar-refractivity contribution is -0.139. The Balaban J connectivity index is 1.70. The van der Waals surface area contributed by atoms with Gasteiger partial charge in [-0.25, -0.2) is 0 Å². The molecular weight excluding hydrogens is 258 g/mol. The Morgan fingerprint density at radius 1 is 1.20 bits per heavy atom. The van der Waals surface area contributed by atoms with Crippen molar-refractivity contribution in [3.8, 4) is 0 Å². The minimum Gasteiger partial charge on any atom is -0.373 e. The van der Waals surface area contributed by atoms with Gasteiger partial charge in [-0.15, -0.1) is 0 Å². The first-order chi connectivity index (χ1) is 9.56. The molecule has 0 aromatic heterocycles. The molecule has 104 valence electrons. The number of carbonyl (C=O) groups is 3. The van der Waals surface area contributed by atoms with Gasteiger partial charge in [0.05, 0.1) is 6.42 Å². The van der Waals surface area contributed by atoms with Crippen LogP contribution in [0.25, 0.3) is 0 Å². The van der Waals surface area contributed by atoms with Crippen molar-refractivity contribution in [3.05, 3.63) is 29.8 Å². The minimum atomic E-state index is -0.512. The van der Waals surface area contributed by atoms with Crippen LogP contribution >= 0.6 is 0 Å². The molecule has 1 aliphatic heterocycles. The number of benzene rings is 1. The zero-order valence-corrected chi connectivity index (χ0v) is 10.8. The van der Waals surface area contributed by atoms with E-state index in [4.69, 9.17) is 5.73 Å². The second-order valence-corrected chi connectivity index (χ2v) is 5.18. The van der Waals surface area contributed by atoms with Crippen molar-refractivity contribution in [2.24, 2.45) is 5.73 Å². The number of rotatable bonds is 4. The maximum Gasteiger partial charge on any atom is 0.252 e. The third kappa shape index (κ3) is 2.24. The van der Waals surface area contributed by atoms with Crippen molar-refractivity contribution in [2.45, 2.75) is 31.3 Å². The molecule has 6 heteroatoms. The van der Waals surface area contributed by atoms with Gasteiger partial charge < -0.3 is 11.1 Å². The monoisotopic (exact) mass is 273 g/mol. The fourth-order valence-corrected chi connectivity index (χ4v) is 2.41. The summed E-state index contributed by atoms with van der Waals surface area (Å²) >= 11 is 0. The summed E-state index contributed by atoms with van der Waals surface area (Å²) in [5, 5.41) is 3.04. The molecule has 0 bridgehead atoms. The van der Waals surface area contributed by atoms with Gasteiger partial charge in [0.1, 0.15) is 6.04 Å². The average molecular weight is 273 g/mol. The number of amides is 3. The molecule has 1 aromatic carbocycles. The Labute approximate surface area is 115 Å². The van der Waals surface area contributed by atoms with E-state index in [0.717, 1.165) is 12.8 Å². The first-order valence-electron chi connectivity index (χ1n) is 6.58. The van der Waals surface area contributed by atoms with E-state index in [1.807, 2.05) is 0 Å². The third-order valence-corrected chi connectivity index (χ3v) is 3.61. The van der Waals surface area contributed by atoms with E-state index in [-0.39, 0.29) is 24.3 Å².